The first-order valence-electron chi connectivity index (χ1n) is 5.80. The van der Waals surface area contributed by atoms with E-state index in [2.05, 4.69) is 20.5 Å². The Bertz CT molecular complexity index is 416. The van der Waals surface area contributed by atoms with E-state index in [-0.39, 0.29) is 23.2 Å². The van der Waals surface area contributed by atoms with Crippen LogP contribution in [0.5, 0.6) is 0 Å². The van der Waals surface area contributed by atoms with Gasteiger partial charge in [-0.3, -0.25) is 9.89 Å². The minimum absolute atomic E-state index is 0.122. The maximum absolute atomic E-state index is 12.1. The van der Waals surface area contributed by atoms with Crippen molar-refractivity contribution in [1.29, 1.82) is 0 Å². The summed E-state index contributed by atoms with van der Waals surface area (Å²) in [6.07, 6.45) is 0. The molecule has 17 heavy (non-hydrogen) atoms. The van der Waals surface area contributed by atoms with Gasteiger partial charge in [0.25, 0.3) is 5.91 Å². The van der Waals surface area contributed by atoms with Gasteiger partial charge < -0.3 is 10.2 Å². The molecule has 0 aliphatic carbocycles. The number of H-pyrrole nitrogens is 1. The second-order valence-corrected chi connectivity index (χ2v) is 5.49. The highest BCUT2D eigenvalue weighted by Gasteiger charge is 2.29. The van der Waals surface area contributed by atoms with Crippen molar-refractivity contribution in [1.82, 2.24) is 25.4 Å². The number of nitrogens with one attached hydrogen (secondary N) is 2. The van der Waals surface area contributed by atoms with Crippen LogP contribution in [0.15, 0.2) is 0 Å². The molecule has 6 heteroatoms. The summed E-state index contributed by atoms with van der Waals surface area (Å²) in [4.78, 5) is 18.0. The zero-order chi connectivity index (χ0) is 12.6. The molecule has 0 aromatic carbocycles. The lowest BCUT2D eigenvalue weighted by atomic mass is 9.96. The summed E-state index contributed by atoms with van der Waals surface area (Å²) in [6, 6.07) is 0.263. The molecule has 1 aromatic rings. The summed E-state index contributed by atoms with van der Waals surface area (Å²) in [5.41, 5.74) is -0.123. The summed E-state index contributed by atoms with van der Waals surface area (Å²) in [5.74, 6) is 0.869. The van der Waals surface area contributed by atoms with Crippen LogP contribution in [0.4, 0.5) is 0 Å². The largest absolute Gasteiger partial charge is 0.333 e. The van der Waals surface area contributed by atoms with E-state index in [1.165, 1.54) is 0 Å². The van der Waals surface area contributed by atoms with Crippen molar-refractivity contribution in [3.63, 3.8) is 0 Å². The van der Waals surface area contributed by atoms with Gasteiger partial charge in [0.2, 0.25) is 5.82 Å². The molecule has 0 radical (unpaired) electrons. The normalized spacial score (nSPS) is 16.7. The smallest absolute Gasteiger partial charge is 0.293 e. The lowest BCUT2D eigenvalue weighted by Crippen LogP contribution is -2.57. The van der Waals surface area contributed by atoms with Crippen molar-refractivity contribution in [2.24, 2.45) is 0 Å². The van der Waals surface area contributed by atoms with Crippen LogP contribution in [-0.2, 0) is 5.41 Å². The molecule has 2 rings (SSSR count). The summed E-state index contributed by atoms with van der Waals surface area (Å²) in [5, 5.41) is 9.96. The average molecular weight is 237 g/mol. The van der Waals surface area contributed by atoms with Gasteiger partial charge in [-0.05, 0) is 0 Å². The fourth-order valence-corrected chi connectivity index (χ4v) is 1.56. The van der Waals surface area contributed by atoms with Gasteiger partial charge in [0.1, 0.15) is 5.82 Å². The van der Waals surface area contributed by atoms with E-state index >= 15 is 0 Å². The molecular formula is C11H19N5O. The van der Waals surface area contributed by atoms with Crippen molar-refractivity contribution in [3.05, 3.63) is 11.6 Å². The van der Waals surface area contributed by atoms with E-state index in [0.29, 0.717) is 0 Å². The van der Waals surface area contributed by atoms with Crippen LogP contribution in [0.1, 0.15) is 37.2 Å². The quantitative estimate of drug-likeness (QED) is 0.767. The third-order valence-corrected chi connectivity index (χ3v) is 3.02. The zero-order valence-corrected chi connectivity index (χ0v) is 10.7. The van der Waals surface area contributed by atoms with E-state index in [4.69, 9.17) is 0 Å². The van der Waals surface area contributed by atoms with Gasteiger partial charge in [0.15, 0.2) is 0 Å². The van der Waals surface area contributed by atoms with Crippen LogP contribution in [-0.4, -0.2) is 52.2 Å². The third kappa shape index (κ3) is 2.31. The van der Waals surface area contributed by atoms with Crippen LogP contribution in [0.25, 0.3) is 0 Å². The highest BCUT2D eigenvalue weighted by atomic mass is 16.2. The number of aromatic amines is 1. The Morgan fingerprint density at radius 1 is 1.41 bits per heavy atom. The first-order valence-corrected chi connectivity index (χ1v) is 5.80. The molecule has 1 aliphatic rings. The Labute approximate surface area is 101 Å². The van der Waals surface area contributed by atoms with Crippen molar-refractivity contribution in [2.75, 3.05) is 20.1 Å². The number of carbonyl (C=O) groups is 1. The van der Waals surface area contributed by atoms with Crippen LogP contribution < -0.4 is 5.32 Å². The molecule has 1 amide bonds. The van der Waals surface area contributed by atoms with Gasteiger partial charge in [-0.2, -0.15) is 0 Å². The number of aromatic nitrogens is 3. The summed E-state index contributed by atoms with van der Waals surface area (Å²) in [7, 11) is 1.79. The predicted octanol–water partition coefficient (Wildman–Crippen LogP) is 0.146. The lowest BCUT2D eigenvalue weighted by molar-refractivity contribution is 0.0669. The Morgan fingerprint density at radius 3 is 2.47 bits per heavy atom. The number of nitrogens with zero attached hydrogens (tertiary/aromatic N) is 3. The molecule has 1 aliphatic heterocycles. The standard InChI is InChI=1S/C11H19N5O/c1-11(2,3)10-13-8(14-15-10)9(17)16(4)7-5-12-6-7/h7,12H,5-6H2,1-4H3,(H,13,14,15). The average Bonchev–Trinajstić information content (AvgIpc) is 2.61. The second-order valence-electron chi connectivity index (χ2n) is 5.49. The number of rotatable bonds is 2. The maximum Gasteiger partial charge on any atom is 0.293 e. The molecule has 0 saturated carbocycles. The fraction of sp³-hybridized carbons (Fsp3) is 0.727. The van der Waals surface area contributed by atoms with Crippen LogP contribution in [0.2, 0.25) is 0 Å². The molecule has 0 spiro atoms. The number of carbonyl (C=O) groups excluding carboxylic acids is 1. The highest BCUT2D eigenvalue weighted by molar-refractivity contribution is 5.90. The first kappa shape index (κ1) is 12.0. The van der Waals surface area contributed by atoms with E-state index in [0.717, 1.165) is 18.9 Å². The Hall–Kier alpha value is -1.43. The van der Waals surface area contributed by atoms with Crippen molar-refractivity contribution >= 4 is 5.91 Å². The van der Waals surface area contributed by atoms with E-state index in [1.807, 2.05) is 20.8 Å². The number of amides is 1. The summed E-state index contributed by atoms with van der Waals surface area (Å²) in [6.45, 7) is 7.78. The molecule has 1 saturated heterocycles. The monoisotopic (exact) mass is 237 g/mol. The fourth-order valence-electron chi connectivity index (χ4n) is 1.56. The van der Waals surface area contributed by atoms with Gasteiger partial charge in [-0.1, -0.05) is 20.8 Å². The second kappa shape index (κ2) is 4.10. The topological polar surface area (TPSA) is 73.9 Å². The van der Waals surface area contributed by atoms with Gasteiger partial charge >= 0.3 is 0 Å². The number of likely N-dealkylation sites (N-methyl/N-ethyl adjacent to an activating group) is 1. The van der Waals surface area contributed by atoms with Gasteiger partial charge in [0.05, 0.1) is 6.04 Å². The molecular weight excluding hydrogens is 218 g/mol. The lowest BCUT2D eigenvalue weighted by Gasteiger charge is -2.34. The van der Waals surface area contributed by atoms with Gasteiger partial charge in [-0.15, -0.1) is 5.10 Å². The van der Waals surface area contributed by atoms with Crippen LogP contribution >= 0.6 is 0 Å². The van der Waals surface area contributed by atoms with E-state index < -0.39 is 0 Å². The third-order valence-electron chi connectivity index (χ3n) is 3.02. The predicted molar refractivity (Wildman–Crippen MR) is 63.8 cm³/mol. The minimum Gasteiger partial charge on any atom is -0.333 e. The zero-order valence-electron chi connectivity index (χ0n) is 10.7. The van der Waals surface area contributed by atoms with Crippen molar-refractivity contribution < 1.29 is 4.79 Å². The summed E-state index contributed by atoms with van der Waals surface area (Å²) >= 11 is 0. The number of hydrogen-bond acceptors (Lipinski definition) is 4. The van der Waals surface area contributed by atoms with Crippen LogP contribution in [0, 0.1) is 0 Å². The molecule has 1 fully saturated rings. The molecule has 2 N–H and O–H groups in total. The minimum atomic E-state index is -0.123. The van der Waals surface area contributed by atoms with Gasteiger partial charge in [0, 0.05) is 25.6 Å². The van der Waals surface area contributed by atoms with E-state index in [1.54, 1.807) is 11.9 Å². The molecule has 0 unspecified atom stereocenters. The van der Waals surface area contributed by atoms with Gasteiger partial charge in [-0.25, -0.2) is 4.98 Å². The molecule has 94 valence electrons. The Morgan fingerprint density at radius 2 is 2.06 bits per heavy atom. The molecule has 0 atom stereocenters. The molecule has 6 nitrogen and oxygen atoms in total. The molecule has 0 bridgehead atoms. The summed E-state index contributed by atoms with van der Waals surface area (Å²) < 4.78 is 0. The highest BCUT2D eigenvalue weighted by Crippen LogP contribution is 2.17. The van der Waals surface area contributed by atoms with E-state index in [9.17, 15) is 4.79 Å². The molecule has 2 heterocycles. The Balaban J connectivity index is 2.11. The molecule has 1 aromatic heterocycles. The van der Waals surface area contributed by atoms with Crippen molar-refractivity contribution in [3.8, 4) is 0 Å². The Kier molecular flexibility index (Phi) is 2.91. The first-order chi connectivity index (χ1) is 7.89. The van der Waals surface area contributed by atoms with Crippen LogP contribution in [0.3, 0.4) is 0 Å². The number of hydrogen-bond donors (Lipinski definition) is 2. The van der Waals surface area contributed by atoms with Crippen molar-refractivity contribution in [2.45, 2.75) is 32.2 Å². The SMILES string of the molecule is CN(C(=O)c1n[nH]c(C(C)(C)C)n1)C1CNC1. The maximum atomic E-state index is 12.1.